The van der Waals surface area contributed by atoms with Crippen LogP contribution in [0.3, 0.4) is 0 Å². The van der Waals surface area contributed by atoms with Crippen molar-refractivity contribution in [3.63, 3.8) is 0 Å². The Labute approximate surface area is 129 Å². The Morgan fingerprint density at radius 1 is 1.47 bits per heavy atom. The summed E-state index contributed by atoms with van der Waals surface area (Å²) < 4.78 is 1.20. The molecule has 1 saturated carbocycles. The van der Waals surface area contributed by atoms with Crippen molar-refractivity contribution in [1.29, 1.82) is 0 Å². The second kappa shape index (κ2) is 7.21. The van der Waals surface area contributed by atoms with Crippen LogP contribution >= 0.6 is 27.3 Å². The van der Waals surface area contributed by atoms with E-state index in [9.17, 15) is 0 Å². The predicted octanol–water partition coefficient (Wildman–Crippen LogP) is 4.41. The molecule has 1 fully saturated rings. The van der Waals surface area contributed by atoms with E-state index in [0.717, 1.165) is 13.1 Å². The van der Waals surface area contributed by atoms with Crippen LogP contribution in [0, 0.1) is 5.92 Å². The van der Waals surface area contributed by atoms with Gasteiger partial charge in [0.05, 0.1) is 0 Å². The molecular formula is C15H25BrN2S. The van der Waals surface area contributed by atoms with Crippen LogP contribution in [-0.2, 0) is 0 Å². The van der Waals surface area contributed by atoms with Crippen LogP contribution in [0.25, 0.3) is 0 Å². The predicted molar refractivity (Wildman–Crippen MR) is 87.6 cm³/mol. The second-order valence-corrected chi connectivity index (χ2v) is 7.38. The summed E-state index contributed by atoms with van der Waals surface area (Å²) in [5.41, 5.74) is 6.00. The number of nitrogens with zero attached hydrogens (tertiary/aromatic N) is 1. The number of nitrogens with two attached hydrogens (primary N) is 1. The van der Waals surface area contributed by atoms with Gasteiger partial charge in [-0.1, -0.05) is 19.8 Å². The number of halogens is 1. The Bertz CT molecular complexity index is 393. The van der Waals surface area contributed by atoms with Crippen molar-refractivity contribution in [3.05, 3.63) is 20.8 Å². The van der Waals surface area contributed by atoms with E-state index in [1.807, 2.05) is 11.3 Å². The van der Waals surface area contributed by atoms with E-state index >= 15 is 0 Å². The Hall–Kier alpha value is 0.1000. The lowest BCUT2D eigenvalue weighted by Crippen LogP contribution is -2.45. The summed E-state index contributed by atoms with van der Waals surface area (Å²) in [5, 5.41) is 2.18. The third-order valence-electron chi connectivity index (χ3n) is 4.46. The highest BCUT2D eigenvalue weighted by Crippen LogP contribution is 2.35. The zero-order chi connectivity index (χ0) is 13.8. The molecule has 108 valence electrons. The van der Waals surface area contributed by atoms with Crippen molar-refractivity contribution in [2.24, 2.45) is 11.7 Å². The lowest BCUT2D eigenvalue weighted by Gasteiger charge is -2.42. The maximum Gasteiger partial charge on any atom is 0.0416 e. The van der Waals surface area contributed by atoms with Crippen LogP contribution in [0.4, 0.5) is 0 Å². The highest BCUT2D eigenvalue weighted by atomic mass is 79.9. The molecule has 1 aliphatic rings. The third kappa shape index (κ3) is 3.60. The number of rotatable bonds is 5. The van der Waals surface area contributed by atoms with Gasteiger partial charge in [0.2, 0.25) is 0 Å². The van der Waals surface area contributed by atoms with Crippen LogP contribution in [0.15, 0.2) is 15.9 Å². The molecule has 1 aromatic heterocycles. The summed E-state index contributed by atoms with van der Waals surface area (Å²) in [5.74, 6) is 0.680. The van der Waals surface area contributed by atoms with E-state index in [4.69, 9.17) is 5.73 Å². The van der Waals surface area contributed by atoms with Gasteiger partial charge < -0.3 is 5.73 Å². The van der Waals surface area contributed by atoms with Crippen LogP contribution in [0.5, 0.6) is 0 Å². The molecule has 0 aromatic carbocycles. The zero-order valence-electron chi connectivity index (χ0n) is 11.9. The maximum absolute atomic E-state index is 6.00. The van der Waals surface area contributed by atoms with Gasteiger partial charge in [0, 0.05) is 26.8 Å². The molecule has 0 saturated heterocycles. The van der Waals surface area contributed by atoms with Crippen molar-refractivity contribution in [3.8, 4) is 0 Å². The number of thiophene rings is 1. The summed E-state index contributed by atoms with van der Waals surface area (Å²) in [7, 11) is 0. The molecule has 0 bridgehead atoms. The van der Waals surface area contributed by atoms with E-state index in [-0.39, 0.29) is 0 Å². The standard InChI is InChI=1S/C15H25BrN2S/c1-3-18(11(2)15-8-13(16)10-19-15)14-7-5-4-6-12(14)9-17/h8,10-12,14H,3-7,9,17H2,1-2H3. The van der Waals surface area contributed by atoms with E-state index in [1.54, 1.807) is 0 Å². The fraction of sp³-hybridized carbons (Fsp3) is 0.733. The SMILES string of the molecule is CCN(C(C)c1cc(Br)cs1)C1CCCCC1CN. The Morgan fingerprint density at radius 2 is 2.21 bits per heavy atom. The molecular weight excluding hydrogens is 320 g/mol. The van der Waals surface area contributed by atoms with Crippen LogP contribution < -0.4 is 5.73 Å². The molecule has 4 heteroatoms. The first-order chi connectivity index (χ1) is 9.17. The number of hydrogen-bond donors (Lipinski definition) is 1. The molecule has 3 unspecified atom stereocenters. The molecule has 1 heterocycles. The Balaban J connectivity index is 2.13. The molecule has 2 nitrogen and oxygen atoms in total. The normalized spacial score (nSPS) is 25.7. The van der Waals surface area contributed by atoms with Crippen molar-refractivity contribution in [1.82, 2.24) is 4.90 Å². The van der Waals surface area contributed by atoms with Gasteiger partial charge in [-0.15, -0.1) is 11.3 Å². The summed E-state index contributed by atoms with van der Waals surface area (Å²) in [4.78, 5) is 4.12. The summed E-state index contributed by atoms with van der Waals surface area (Å²) in [6.45, 7) is 6.56. The summed E-state index contributed by atoms with van der Waals surface area (Å²) in [6.07, 6.45) is 5.33. The van der Waals surface area contributed by atoms with Gasteiger partial charge in [0.15, 0.2) is 0 Å². The number of hydrogen-bond acceptors (Lipinski definition) is 3. The molecule has 0 aliphatic heterocycles. The lowest BCUT2D eigenvalue weighted by molar-refractivity contribution is 0.0783. The minimum absolute atomic E-state index is 0.499. The van der Waals surface area contributed by atoms with Crippen molar-refractivity contribution in [2.45, 2.75) is 51.6 Å². The van der Waals surface area contributed by atoms with Gasteiger partial charge >= 0.3 is 0 Å². The van der Waals surface area contributed by atoms with Gasteiger partial charge in [-0.2, -0.15) is 0 Å². The third-order valence-corrected chi connectivity index (χ3v) is 6.32. The second-order valence-electron chi connectivity index (χ2n) is 5.52. The first kappa shape index (κ1) is 15.5. The fourth-order valence-electron chi connectivity index (χ4n) is 3.41. The van der Waals surface area contributed by atoms with Gasteiger partial charge in [0.1, 0.15) is 0 Å². The van der Waals surface area contributed by atoms with Crippen molar-refractivity contribution in [2.75, 3.05) is 13.1 Å². The molecule has 2 N–H and O–H groups in total. The lowest BCUT2D eigenvalue weighted by atomic mass is 9.83. The molecule has 1 aliphatic carbocycles. The quantitative estimate of drug-likeness (QED) is 0.856. The molecule has 0 spiro atoms. The average Bonchev–Trinajstić information content (AvgIpc) is 2.86. The minimum Gasteiger partial charge on any atom is -0.330 e. The molecule has 0 amide bonds. The first-order valence-corrected chi connectivity index (χ1v) is 9.04. The van der Waals surface area contributed by atoms with E-state index in [1.165, 1.54) is 35.0 Å². The van der Waals surface area contributed by atoms with Crippen molar-refractivity contribution < 1.29 is 0 Å². The Kier molecular flexibility index (Phi) is 5.87. The monoisotopic (exact) mass is 344 g/mol. The largest absolute Gasteiger partial charge is 0.330 e. The van der Waals surface area contributed by atoms with E-state index in [0.29, 0.717) is 18.0 Å². The van der Waals surface area contributed by atoms with E-state index < -0.39 is 0 Å². The molecule has 19 heavy (non-hydrogen) atoms. The molecule has 2 rings (SSSR count). The topological polar surface area (TPSA) is 29.3 Å². The highest BCUT2D eigenvalue weighted by molar-refractivity contribution is 9.10. The van der Waals surface area contributed by atoms with E-state index in [2.05, 4.69) is 46.1 Å². The maximum atomic E-state index is 6.00. The smallest absolute Gasteiger partial charge is 0.0416 e. The van der Waals surface area contributed by atoms with Gasteiger partial charge in [-0.25, -0.2) is 0 Å². The van der Waals surface area contributed by atoms with Crippen LogP contribution in [0.2, 0.25) is 0 Å². The van der Waals surface area contributed by atoms with Crippen LogP contribution in [-0.4, -0.2) is 24.0 Å². The van der Waals surface area contributed by atoms with Gasteiger partial charge in [0.25, 0.3) is 0 Å². The zero-order valence-corrected chi connectivity index (χ0v) is 14.3. The minimum atomic E-state index is 0.499. The van der Waals surface area contributed by atoms with Crippen molar-refractivity contribution >= 4 is 27.3 Å². The highest BCUT2D eigenvalue weighted by Gasteiger charge is 2.31. The van der Waals surface area contributed by atoms with Gasteiger partial charge in [-0.3, -0.25) is 4.90 Å². The Morgan fingerprint density at radius 3 is 2.79 bits per heavy atom. The average molecular weight is 345 g/mol. The van der Waals surface area contributed by atoms with Crippen LogP contribution in [0.1, 0.15) is 50.4 Å². The van der Waals surface area contributed by atoms with Gasteiger partial charge in [-0.05, 0) is 60.8 Å². The summed E-state index contributed by atoms with van der Waals surface area (Å²) >= 11 is 5.42. The molecule has 1 aromatic rings. The first-order valence-electron chi connectivity index (χ1n) is 7.37. The summed E-state index contributed by atoms with van der Waals surface area (Å²) in [6, 6.07) is 3.43. The molecule has 0 radical (unpaired) electrons. The molecule has 3 atom stereocenters. The fourth-order valence-corrected chi connectivity index (χ4v) is 4.93.